The van der Waals surface area contributed by atoms with Crippen LogP contribution in [0, 0.1) is 6.92 Å². The molecule has 2 N–H and O–H groups in total. The van der Waals surface area contributed by atoms with Crippen LogP contribution in [-0.4, -0.2) is 41.8 Å². The highest BCUT2D eigenvalue weighted by Crippen LogP contribution is 2.37. The fourth-order valence-corrected chi connectivity index (χ4v) is 3.60. The van der Waals surface area contributed by atoms with Crippen molar-refractivity contribution in [1.82, 2.24) is 35.3 Å². The molecule has 1 atom stereocenters. The van der Waals surface area contributed by atoms with Crippen LogP contribution in [0.3, 0.4) is 0 Å². The molecular weight excluding hydrogens is 406 g/mol. The largest absolute Gasteiger partial charge is 0.358 e. The van der Waals surface area contributed by atoms with Crippen LogP contribution < -0.4 is 10.2 Å². The van der Waals surface area contributed by atoms with E-state index in [2.05, 4.69) is 66.3 Å². The van der Waals surface area contributed by atoms with Gasteiger partial charge in [-0.05, 0) is 19.4 Å². The van der Waals surface area contributed by atoms with Gasteiger partial charge in [0, 0.05) is 48.4 Å². The summed E-state index contributed by atoms with van der Waals surface area (Å²) in [5.41, 5.74) is 3.27. The topological polar surface area (TPSA) is 122 Å². The molecule has 1 aliphatic heterocycles. The number of aryl methyl sites for hydroxylation is 1. The Hall–Kier alpha value is -3.82. The molecular formula is C22H25N9O. The van der Waals surface area contributed by atoms with E-state index in [0.29, 0.717) is 17.5 Å². The molecule has 0 saturated carbocycles. The van der Waals surface area contributed by atoms with Crippen molar-refractivity contribution >= 4 is 17.6 Å². The molecule has 1 fully saturated rings. The molecule has 164 valence electrons. The van der Waals surface area contributed by atoms with E-state index in [1.54, 1.807) is 18.6 Å². The quantitative estimate of drug-likeness (QED) is 0.484. The number of nitrogens with one attached hydrogen (secondary N) is 2. The number of H-pyrrole nitrogens is 1. The van der Waals surface area contributed by atoms with Crippen molar-refractivity contribution in [2.75, 3.05) is 16.8 Å². The number of aromatic nitrogens is 7. The van der Waals surface area contributed by atoms with Gasteiger partial charge in [0.05, 0.1) is 11.7 Å². The molecule has 1 saturated heterocycles. The summed E-state index contributed by atoms with van der Waals surface area (Å²) >= 11 is 0. The highest BCUT2D eigenvalue weighted by atomic mass is 16.5. The zero-order valence-corrected chi connectivity index (χ0v) is 18.5. The van der Waals surface area contributed by atoms with Crippen molar-refractivity contribution in [1.29, 1.82) is 0 Å². The third-order valence-corrected chi connectivity index (χ3v) is 5.54. The number of anilines is 3. The monoisotopic (exact) mass is 431 g/mol. The third-order valence-electron chi connectivity index (χ3n) is 5.54. The van der Waals surface area contributed by atoms with Crippen LogP contribution in [0.15, 0.2) is 41.3 Å². The van der Waals surface area contributed by atoms with Gasteiger partial charge in [-0.15, -0.1) is 0 Å². The fourth-order valence-electron chi connectivity index (χ4n) is 3.60. The fraction of sp³-hybridized carbons (Fsp3) is 0.364. The van der Waals surface area contributed by atoms with Gasteiger partial charge in [0.2, 0.25) is 5.95 Å². The van der Waals surface area contributed by atoms with E-state index in [0.717, 1.165) is 41.6 Å². The first-order valence-corrected chi connectivity index (χ1v) is 10.6. The van der Waals surface area contributed by atoms with Gasteiger partial charge in [0.25, 0.3) is 0 Å². The first-order valence-electron chi connectivity index (χ1n) is 10.6. The molecule has 1 aliphatic rings. The van der Waals surface area contributed by atoms with Gasteiger partial charge < -0.3 is 14.7 Å². The maximum atomic E-state index is 5.65. The van der Waals surface area contributed by atoms with Crippen LogP contribution in [0.1, 0.15) is 50.4 Å². The molecule has 0 spiro atoms. The molecule has 32 heavy (non-hydrogen) atoms. The summed E-state index contributed by atoms with van der Waals surface area (Å²) < 4.78 is 5.65. The van der Waals surface area contributed by atoms with Crippen molar-refractivity contribution in [2.45, 2.75) is 45.6 Å². The lowest BCUT2D eigenvalue weighted by atomic mass is 9.92. The summed E-state index contributed by atoms with van der Waals surface area (Å²) in [5, 5.41) is 14.9. The lowest BCUT2D eigenvalue weighted by Gasteiger charge is -2.39. The zero-order chi connectivity index (χ0) is 22.3. The summed E-state index contributed by atoms with van der Waals surface area (Å²) in [6.07, 6.45) is 6.00. The Morgan fingerprint density at radius 2 is 1.94 bits per heavy atom. The van der Waals surface area contributed by atoms with E-state index in [-0.39, 0.29) is 11.5 Å². The Bertz CT molecular complexity index is 1240. The van der Waals surface area contributed by atoms with Gasteiger partial charge in [0.1, 0.15) is 17.2 Å². The average molecular weight is 432 g/mol. The summed E-state index contributed by atoms with van der Waals surface area (Å²) in [5.74, 6) is 2.80. The van der Waals surface area contributed by atoms with E-state index in [1.165, 1.54) is 0 Å². The van der Waals surface area contributed by atoms with Crippen LogP contribution in [0.2, 0.25) is 0 Å². The van der Waals surface area contributed by atoms with Crippen LogP contribution in [0.4, 0.5) is 17.6 Å². The molecule has 0 bridgehead atoms. The van der Waals surface area contributed by atoms with Gasteiger partial charge in [-0.1, -0.05) is 25.9 Å². The number of aromatic amines is 1. The molecule has 0 aliphatic carbocycles. The van der Waals surface area contributed by atoms with Crippen LogP contribution in [0.25, 0.3) is 11.4 Å². The minimum Gasteiger partial charge on any atom is -0.358 e. The third kappa shape index (κ3) is 3.79. The second kappa shape index (κ2) is 7.70. The maximum Gasteiger partial charge on any atom is 0.227 e. The summed E-state index contributed by atoms with van der Waals surface area (Å²) in [7, 11) is 0. The van der Waals surface area contributed by atoms with Crippen molar-refractivity contribution in [3.05, 3.63) is 53.9 Å². The maximum absolute atomic E-state index is 5.65. The predicted molar refractivity (Wildman–Crippen MR) is 120 cm³/mol. The Morgan fingerprint density at radius 3 is 2.66 bits per heavy atom. The first kappa shape index (κ1) is 20.1. The molecule has 10 heteroatoms. The Balaban J connectivity index is 1.33. The highest BCUT2D eigenvalue weighted by Gasteiger charge is 2.35. The first-order chi connectivity index (χ1) is 15.4. The summed E-state index contributed by atoms with van der Waals surface area (Å²) in [4.78, 5) is 19.9. The van der Waals surface area contributed by atoms with Crippen molar-refractivity contribution < 1.29 is 4.52 Å². The second-order valence-electron chi connectivity index (χ2n) is 8.89. The van der Waals surface area contributed by atoms with Gasteiger partial charge in [-0.2, -0.15) is 10.1 Å². The van der Waals surface area contributed by atoms with Crippen molar-refractivity contribution in [3.63, 3.8) is 0 Å². The number of hydrogen-bond donors (Lipinski definition) is 2. The van der Waals surface area contributed by atoms with Gasteiger partial charge in [0.15, 0.2) is 11.6 Å². The van der Waals surface area contributed by atoms with E-state index >= 15 is 0 Å². The Kier molecular flexibility index (Phi) is 4.84. The van der Waals surface area contributed by atoms with Crippen molar-refractivity contribution in [3.8, 4) is 11.4 Å². The van der Waals surface area contributed by atoms with Crippen molar-refractivity contribution in [2.24, 2.45) is 0 Å². The van der Waals surface area contributed by atoms with Gasteiger partial charge in [-0.25, -0.2) is 4.98 Å². The predicted octanol–water partition coefficient (Wildman–Crippen LogP) is 3.95. The summed E-state index contributed by atoms with van der Waals surface area (Å²) in [6.45, 7) is 9.15. The smallest absolute Gasteiger partial charge is 0.227 e. The lowest BCUT2D eigenvalue weighted by molar-refractivity contribution is 0.315. The molecule has 0 radical (unpaired) electrons. The van der Waals surface area contributed by atoms with Crippen LogP contribution in [-0.2, 0) is 5.41 Å². The molecule has 4 aromatic rings. The van der Waals surface area contributed by atoms with E-state index in [1.807, 2.05) is 25.1 Å². The van der Waals surface area contributed by atoms with Gasteiger partial charge in [-0.3, -0.25) is 15.1 Å². The number of hydrogen-bond acceptors (Lipinski definition) is 9. The molecule has 0 unspecified atom stereocenters. The highest BCUT2D eigenvalue weighted by molar-refractivity contribution is 5.57. The average Bonchev–Trinajstić information content (AvgIpc) is 3.38. The normalized spacial score (nSPS) is 16.1. The van der Waals surface area contributed by atoms with Gasteiger partial charge >= 0.3 is 0 Å². The molecule has 0 aromatic carbocycles. The molecule has 5 rings (SSSR count). The Labute approximate surface area is 185 Å². The molecule has 0 amide bonds. The minimum atomic E-state index is -0.00554. The SMILES string of the molecule is Cc1nccnc1-c1cc([C@@H]2CCN2c2nccc(Nc3cc(C(C)(C)C)[nH]n3)n2)on1. The lowest BCUT2D eigenvalue weighted by Crippen LogP contribution is -2.41. The van der Waals surface area contributed by atoms with E-state index < -0.39 is 0 Å². The van der Waals surface area contributed by atoms with E-state index in [4.69, 9.17) is 4.52 Å². The Morgan fingerprint density at radius 1 is 1.09 bits per heavy atom. The zero-order valence-electron chi connectivity index (χ0n) is 18.5. The van der Waals surface area contributed by atoms with Crippen LogP contribution >= 0.6 is 0 Å². The molecule has 10 nitrogen and oxygen atoms in total. The molecule has 5 heterocycles. The number of nitrogens with zero attached hydrogens (tertiary/aromatic N) is 7. The summed E-state index contributed by atoms with van der Waals surface area (Å²) in [6, 6.07) is 5.78. The van der Waals surface area contributed by atoms with Crippen LogP contribution in [0.5, 0.6) is 0 Å². The minimum absolute atomic E-state index is 0.00554. The molecule has 4 aromatic heterocycles. The second-order valence-corrected chi connectivity index (χ2v) is 8.89. The number of rotatable bonds is 5. The standard InChI is InChI=1S/C22H25N9O/c1-13-20(24-9-8-23-13)14-11-16(32-30-14)15-6-10-31(15)21-25-7-5-18(27-21)26-19-12-17(28-29-19)22(2,3)4/h5,7-9,11-12,15H,6,10H2,1-4H3,(H2,25,26,27,28,29)/t15-/m0/s1. The van der Waals surface area contributed by atoms with E-state index in [9.17, 15) is 0 Å².